The van der Waals surface area contributed by atoms with Gasteiger partial charge in [-0.05, 0) is 65.9 Å². The lowest BCUT2D eigenvalue weighted by Crippen LogP contribution is -2.32. The van der Waals surface area contributed by atoms with E-state index in [1.807, 2.05) is 6.07 Å². The minimum Gasteiger partial charge on any atom is -0.496 e. The van der Waals surface area contributed by atoms with Gasteiger partial charge in [-0.3, -0.25) is 0 Å². The predicted molar refractivity (Wildman–Crippen MR) is 87.6 cm³/mol. The van der Waals surface area contributed by atoms with Crippen molar-refractivity contribution in [3.8, 4) is 5.75 Å². The highest BCUT2D eigenvalue weighted by Crippen LogP contribution is 2.26. The molecule has 0 saturated carbocycles. The molecule has 1 aromatic carbocycles. The van der Waals surface area contributed by atoms with Gasteiger partial charge in [0.15, 0.2) is 0 Å². The van der Waals surface area contributed by atoms with Crippen LogP contribution < -0.4 is 10.1 Å². The normalized spacial score (nSPS) is 12.4. The highest BCUT2D eigenvalue weighted by atomic mass is 79.9. The van der Waals surface area contributed by atoms with Crippen LogP contribution in [0.5, 0.6) is 5.75 Å². The van der Waals surface area contributed by atoms with Crippen molar-refractivity contribution in [2.45, 2.75) is 38.6 Å². The Balaban J connectivity index is 2.60. The second kappa shape index (κ2) is 10.2. The Hall–Kier alpha value is -0.580. The summed E-state index contributed by atoms with van der Waals surface area (Å²) < 4.78 is 11.4. The molecule has 114 valence electrons. The molecule has 0 aliphatic carbocycles. The molecular weight excluding hydrogens is 318 g/mol. The fourth-order valence-electron chi connectivity index (χ4n) is 2.22. The van der Waals surface area contributed by atoms with Gasteiger partial charge in [-0.1, -0.05) is 13.0 Å². The first-order valence-electron chi connectivity index (χ1n) is 7.26. The van der Waals surface area contributed by atoms with Crippen molar-refractivity contribution in [1.29, 1.82) is 0 Å². The molecule has 1 N–H and O–H groups in total. The number of ether oxygens (including phenoxy) is 2. The molecule has 1 unspecified atom stereocenters. The second-order valence-corrected chi connectivity index (χ2v) is 5.81. The van der Waals surface area contributed by atoms with Gasteiger partial charge in [0.25, 0.3) is 0 Å². The van der Waals surface area contributed by atoms with E-state index < -0.39 is 0 Å². The van der Waals surface area contributed by atoms with E-state index in [9.17, 15) is 0 Å². The average Bonchev–Trinajstić information content (AvgIpc) is 2.45. The van der Waals surface area contributed by atoms with E-state index in [0.29, 0.717) is 6.04 Å². The fourth-order valence-corrected chi connectivity index (χ4v) is 2.81. The van der Waals surface area contributed by atoms with Gasteiger partial charge in [-0.15, -0.1) is 0 Å². The first-order chi connectivity index (χ1) is 9.71. The summed E-state index contributed by atoms with van der Waals surface area (Å²) in [7, 11) is 3.45. The summed E-state index contributed by atoms with van der Waals surface area (Å²) in [5.74, 6) is 0.881. The van der Waals surface area contributed by atoms with E-state index in [1.54, 1.807) is 14.2 Å². The van der Waals surface area contributed by atoms with Crippen LogP contribution in [0.1, 0.15) is 31.7 Å². The molecule has 3 nitrogen and oxygen atoms in total. The number of halogens is 1. The molecule has 0 heterocycles. The minimum absolute atomic E-state index is 0.505. The minimum atomic E-state index is 0.505. The molecule has 0 aliphatic heterocycles. The highest BCUT2D eigenvalue weighted by molar-refractivity contribution is 9.10. The summed E-state index contributed by atoms with van der Waals surface area (Å²) in [5, 5.41) is 3.62. The van der Waals surface area contributed by atoms with Crippen LogP contribution in [-0.4, -0.2) is 33.4 Å². The largest absolute Gasteiger partial charge is 0.496 e. The molecular formula is C16H26BrNO2. The summed E-state index contributed by atoms with van der Waals surface area (Å²) in [6.07, 6.45) is 4.42. The number of benzene rings is 1. The van der Waals surface area contributed by atoms with Crippen LogP contribution in [0.15, 0.2) is 22.7 Å². The van der Waals surface area contributed by atoms with Gasteiger partial charge in [0, 0.05) is 19.8 Å². The zero-order chi connectivity index (χ0) is 14.8. The lowest BCUT2D eigenvalue weighted by atomic mass is 10.0. The molecule has 20 heavy (non-hydrogen) atoms. The van der Waals surface area contributed by atoms with Crippen molar-refractivity contribution < 1.29 is 9.47 Å². The Morgan fingerprint density at radius 3 is 2.70 bits per heavy atom. The van der Waals surface area contributed by atoms with E-state index >= 15 is 0 Å². The zero-order valence-corrected chi connectivity index (χ0v) is 14.3. The van der Waals surface area contributed by atoms with Gasteiger partial charge in [-0.2, -0.15) is 0 Å². The molecule has 0 fully saturated rings. The average molecular weight is 344 g/mol. The quantitative estimate of drug-likeness (QED) is 0.655. The van der Waals surface area contributed by atoms with Gasteiger partial charge in [0.2, 0.25) is 0 Å². The molecule has 1 aromatic rings. The summed E-state index contributed by atoms with van der Waals surface area (Å²) in [5.41, 5.74) is 1.32. The maximum Gasteiger partial charge on any atom is 0.133 e. The van der Waals surface area contributed by atoms with Crippen LogP contribution >= 0.6 is 15.9 Å². The first kappa shape index (κ1) is 17.5. The molecule has 1 atom stereocenters. The van der Waals surface area contributed by atoms with Crippen molar-refractivity contribution >= 4 is 15.9 Å². The van der Waals surface area contributed by atoms with Crippen molar-refractivity contribution in [3.05, 3.63) is 28.2 Å². The molecule has 1 rings (SSSR count). The summed E-state index contributed by atoms with van der Waals surface area (Å²) in [6.45, 7) is 4.09. The lowest BCUT2D eigenvalue weighted by molar-refractivity contribution is 0.188. The number of nitrogens with one attached hydrogen (secondary N) is 1. The Morgan fingerprint density at radius 2 is 2.10 bits per heavy atom. The van der Waals surface area contributed by atoms with E-state index in [2.05, 4.69) is 40.3 Å². The van der Waals surface area contributed by atoms with E-state index in [1.165, 1.54) is 5.56 Å². The predicted octanol–water partition coefficient (Wildman–Crippen LogP) is 3.80. The van der Waals surface area contributed by atoms with Gasteiger partial charge >= 0.3 is 0 Å². The maximum atomic E-state index is 5.27. The third-order valence-corrected chi connectivity index (χ3v) is 3.90. The maximum absolute atomic E-state index is 5.27. The molecule has 0 bridgehead atoms. The molecule has 0 spiro atoms. The van der Waals surface area contributed by atoms with Gasteiger partial charge in [0.05, 0.1) is 11.6 Å². The van der Waals surface area contributed by atoms with Gasteiger partial charge in [0.1, 0.15) is 5.75 Å². The monoisotopic (exact) mass is 343 g/mol. The number of methoxy groups -OCH3 is 2. The lowest BCUT2D eigenvalue weighted by Gasteiger charge is -2.19. The third-order valence-electron chi connectivity index (χ3n) is 3.28. The molecule has 0 saturated heterocycles. The van der Waals surface area contributed by atoms with Crippen LogP contribution in [-0.2, 0) is 11.2 Å². The van der Waals surface area contributed by atoms with Crippen LogP contribution in [0.2, 0.25) is 0 Å². The van der Waals surface area contributed by atoms with Crippen LogP contribution in [0, 0.1) is 0 Å². The number of rotatable bonds is 10. The molecule has 0 radical (unpaired) electrons. The SMILES string of the molecule is CCCNC(CCCOC)Cc1ccc(OC)c(Br)c1. The molecule has 4 heteroatoms. The van der Waals surface area contributed by atoms with Crippen LogP contribution in [0.4, 0.5) is 0 Å². The van der Waals surface area contributed by atoms with Crippen molar-refractivity contribution in [2.24, 2.45) is 0 Å². The van der Waals surface area contributed by atoms with E-state index in [0.717, 1.165) is 49.1 Å². The zero-order valence-electron chi connectivity index (χ0n) is 12.7. The third kappa shape index (κ3) is 6.25. The van der Waals surface area contributed by atoms with Crippen molar-refractivity contribution in [2.75, 3.05) is 27.4 Å². The second-order valence-electron chi connectivity index (χ2n) is 4.96. The van der Waals surface area contributed by atoms with Crippen LogP contribution in [0.3, 0.4) is 0 Å². The van der Waals surface area contributed by atoms with Crippen LogP contribution in [0.25, 0.3) is 0 Å². The fraction of sp³-hybridized carbons (Fsp3) is 0.625. The first-order valence-corrected chi connectivity index (χ1v) is 8.05. The number of hydrogen-bond donors (Lipinski definition) is 1. The Morgan fingerprint density at radius 1 is 1.30 bits per heavy atom. The molecule has 0 amide bonds. The molecule has 0 aromatic heterocycles. The summed E-state index contributed by atoms with van der Waals surface area (Å²) >= 11 is 3.55. The Bertz CT molecular complexity index is 385. The smallest absolute Gasteiger partial charge is 0.133 e. The van der Waals surface area contributed by atoms with Crippen molar-refractivity contribution in [3.63, 3.8) is 0 Å². The Kier molecular flexibility index (Phi) is 8.90. The Labute approximate surface area is 131 Å². The summed E-state index contributed by atoms with van der Waals surface area (Å²) in [4.78, 5) is 0. The standard InChI is InChI=1S/C16H26BrNO2/c1-4-9-18-14(6-5-10-19-2)11-13-7-8-16(20-3)15(17)12-13/h7-8,12,14,18H,4-6,9-11H2,1-3H3. The van der Waals surface area contributed by atoms with E-state index in [-0.39, 0.29) is 0 Å². The summed E-state index contributed by atoms with van der Waals surface area (Å²) in [6, 6.07) is 6.81. The van der Waals surface area contributed by atoms with Gasteiger partial charge < -0.3 is 14.8 Å². The highest BCUT2D eigenvalue weighted by Gasteiger charge is 2.10. The van der Waals surface area contributed by atoms with Gasteiger partial charge in [-0.25, -0.2) is 0 Å². The topological polar surface area (TPSA) is 30.5 Å². The number of hydrogen-bond acceptors (Lipinski definition) is 3. The molecule has 0 aliphatic rings. The van der Waals surface area contributed by atoms with E-state index in [4.69, 9.17) is 9.47 Å². The van der Waals surface area contributed by atoms with Crippen molar-refractivity contribution in [1.82, 2.24) is 5.32 Å².